The first-order valence-electron chi connectivity index (χ1n) is 10.6. The molecule has 0 saturated heterocycles. The van der Waals surface area contributed by atoms with Crippen LogP contribution in [0.3, 0.4) is 0 Å². The van der Waals surface area contributed by atoms with Crippen molar-refractivity contribution in [1.82, 2.24) is 10.1 Å². The molecule has 1 heterocycles. The van der Waals surface area contributed by atoms with Crippen LogP contribution < -0.4 is 4.74 Å². The SMILES string of the molecule is CCN(C(=O)COC(=O)c1cccc(OCc2c(C)noc2C)c1)C1CCCCC1. The fourth-order valence-corrected chi connectivity index (χ4v) is 3.90. The van der Waals surface area contributed by atoms with Crippen molar-refractivity contribution in [3.63, 3.8) is 0 Å². The van der Waals surface area contributed by atoms with E-state index in [2.05, 4.69) is 5.16 Å². The number of carbonyl (C=O) groups is 2. The maximum Gasteiger partial charge on any atom is 0.338 e. The van der Waals surface area contributed by atoms with Gasteiger partial charge >= 0.3 is 5.97 Å². The number of nitrogens with zero attached hydrogens (tertiary/aromatic N) is 2. The minimum absolute atomic E-state index is 0.136. The summed E-state index contributed by atoms with van der Waals surface area (Å²) >= 11 is 0. The van der Waals surface area contributed by atoms with E-state index in [0.717, 1.165) is 36.9 Å². The topological polar surface area (TPSA) is 81.9 Å². The largest absolute Gasteiger partial charge is 0.489 e. The normalized spacial score (nSPS) is 14.4. The summed E-state index contributed by atoms with van der Waals surface area (Å²) in [6.45, 7) is 6.34. The number of hydrogen-bond donors (Lipinski definition) is 0. The van der Waals surface area contributed by atoms with E-state index in [-0.39, 0.29) is 18.6 Å². The Morgan fingerprint density at radius 2 is 1.97 bits per heavy atom. The van der Waals surface area contributed by atoms with Crippen LogP contribution in [-0.2, 0) is 16.1 Å². The van der Waals surface area contributed by atoms with Crippen molar-refractivity contribution in [3.05, 3.63) is 46.8 Å². The first-order valence-corrected chi connectivity index (χ1v) is 10.6. The van der Waals surface area contributed by atoms with E-state index in [0.29, 0.717) is 30.2 Å². The van der Waals surface area contributed by atoms with Crippen LogP contribution in [-0.4, -0.2) is 41.1 Å². The summed E-state index contributed by atoms with van der Waals surface area (Å²) in [6, 6.07) is 7.01. The van der Waals surface area contributed by atoms with Crippen LogP contribution in [0, 0.1) is 13.8 Å². The van der Waals surface area contributed by atoms with Crippen LogP contribution in [0.1, 0.15) is 66.4 Å². The van der Waals surface area contributed by atoms with E-state index >= 15 is 0 Å². The van der Waals surface area contributed by atoms with Gasteiger partial charge in [-0.25, -0.2) is 4.79 Å². The number of esters is 1. The fourth-order valence-electron chi connectivity index (χ4n) is 3.90. The van der Waals surface area contributed by atoms with Gasteiger partial charge < -0.3 is 18.9 Å². The lowest BCUT2D eigenvalue weighted by molar-refractivity contribution is -0.137. The number of hydrogen-bond acceptors (Lipinski definition) is 6. The smallest absolute Gasteiger partial charge is 0.338 e. The molecule has 0 atom stereocenters. The Labute approximate surface area is 177 Å². The molecule has 1 amide bonds. The monoisotopic (exact) mass is 414 g/mol. The molecule has 0 spiro atoms. The van der Waals surface area contributed by atoms with Crippen LogP contribution in [0.25, 0.3) is 0 Å². The molecule has 1 aliphatic carbocycles. The molecular formula is C23H30N2O5. The van der Waals surface area contributed by atoms with E-state index in [1.807, 2.05) is 25.7 Å². The highest BCUT2D eigenvalue weighted by Gasteiger charge is 2.25. The van der Waals surface area contributed by atoms with Crippen molar-refractivity contribution in [1.29, 1.82) is 0 Å². The summed E-state index contributed by atoms with van der Waals surface area (Å²) in [4.78, 5) is 26.9. The Morgan fingerprint density at radius 3 is 2.63 bits per heavy atom. The van der Waals surface area contributed by atoms with Crippen LogP contribution in [0.4, 0.5) is 0 Å². The molecule has 2 aromatic rings. The lowest BCUT2D eigenvalue weighted by atomic mass is 9.94. The molecule has 1 aliphatic rings. The molecule has 7 heteroatoms. The molecule has 0 bridgehead atoms. The number of benzene rings is 1. The molecule has 0 aliphatic heterocycles. The maximum absolute atomic E-state index is 12.6. The number of ether oxygens (including phenoxy) is 2. The molecule has 1 aromatic carbocycles. The van der Waals surface area contributed by atoms with Gasteiger partial charge in [-0.3, -0.25) is 4.79 Å². The van der Waals surface area contributed by atoms with Gasteiger partial charge in [0.2, 0.25) is 0 Å². The number of amides is 1. The van der Waals surface area contributed by atoms with E-state index in [9.17, 15) is 9.59 Å². The second-order valence-electron chi connectivity index (χ2n) is 7.67. The zero-order chi connectivity index (χ0) is 21.5. The predicted molar refractivity (Wildman–Crippen MR) is 111 cm³/mol. The summed E-state index contributed by atoms with van der Waals surface area (Å²) in [7, 11) is 0. The number of aromatic nitrogens is 1. The van der Waals surface area contributed by atoms with E-state index in [4.69, 9.17) is 14.0 Å². The highest BCUT2D eigenvalue weighted by Crippen LogP contribution is 2.23. The summed E-state index contributed by atoms with van der Waals surface area (Å²) in [6.07, 6.45) is 5.58. The Bertz CT molecular complexity index is 851. The quantitative estimate of drug-likeness (QED) is 0.602. The molecule has 7 nitrogen and oxygen atoms in total. The average Bonchev–Trinajstić information content (AvgIpc) is 3.09. The van der Waals surface area contributed by atoms with Crippen LogP contribution in [0.2, 0.25) is 0 Å². The molecule has 1 aromatic heterocycles. The predicted octanol–water partition coefficient (Wildman–Crippen LogP) is 4.21. The van der Waals surface area contributed by atoms with E-state index in [1.54, 1.807) is 24.3 Å². The van der Waals surface area contributed by atoms with Gasteiger partial charge in [-0.15, -0.1) is 0 Å². The first kappa shape index (κ1) is 21.9. The van der Waals surface area contributed by atoms with Crippen LogP contribution in [0.15, 0.2) is 28.8 Å². The maximum atomic E-state index is 12.6. The number of rotatable bonds is 8. The van der Waals surface area contributed by atoms with Gasteiger partial charge in [0.1, 0.15) is 18.1 Å². The van der Waals surface area contributed by atoms with Gasteiger partial charge in [0.15, 0.2) is 6.61 Å². The average molecular weight is 415 g/mol. The van der Waals surface area contributed by atoms with Gasteiger partial charge in [-0.1, -0.05) is 30.5 Å². The molecule has 162 valence electrons. The lowest BCUT2D eigenvalue weighted by Gasteiger charge is -2.33. The summed E-state index contributed by atoms with van der Waals surface area (Å²) < 4.78 is 16.2. The van der Waals surface area contributed by atoms with Crippen LogP contribution >= 0.6 is 0 Å². The standard InChI is InChI=1S/C23H30N2O5/c1-4-25(19-10-6-5-7-11-19)22(26)15-29-23(27)18-9-8-12-20(13-18)28-14-21-16(2)24-30-17(21)3/h8-9,12-13,19H,4-7,10-11,14-15H2,1-3H3. The van der Waals surface area contributed by atoms with Crippen molar-refractivity contribution in [2.24, 2.45) is 0 Å². The Balaban J connectivity index is 1.55. The summed E-state index contributed by atoms with van der Waals surface area (Å²) in [5.41, 5.74) is 2.01. The first-order chi connectivity index (χ1) is 14.5. The van der Waals surface area contributed by atoms with Gasteiger partial charge in [-0.05, 0) is 51.8 Å². The molecule has 30 heavy (non-hydrogen) atoms. The minimum Gasteiger partial charge on any atom is -0.489 e. The molecule has 1 fully saturated rings. The number of aryl methyl sites for hydroxylation is 2. The van der Waals surface area contributed by atoms with Crippen molar-refractivity contribution >= 4 is 11.9 Å². The van der Waals surface area contributed by atoms with Gasteiger partial charge in [0.05, 0.1) is 16.8 Å². The fraction of sp³-hybridized carbons (Fsp3) is 0.522. The number of carbonyl (C=O) groups excluding carboxylic acids is 2. The second-order valence-corrected chi connectivity index (χ2v) is 7.67. The van der Waals surface area contributed by atoms with Crippen molar-refractivity contribution in [2.45, 2.75) is 65.5 Å². The Kier molecular flexibility index (Phi) is 7.49. The highest BCUT2D eigenvalue weighted by atomic mass is 16.5. The number of likely N-dealkylation sites (N-methyl/N-ethyl adjacent to an activating group) is 1. The lowest BCUT2D eigenvalue weighted by Crippen LogP contribution is -2.43. The van der Waals surface area contributed by atoms with Crippen LogP contribution in [0.5, 0.6) is 5.75 Å². The molecule has 0 unspecified atom stereocenters. The van der Waals surface area contributed by atoms with Crippen molar-refractivity contribution < 1.29 is 23.6 Å². The highest BCUT2D eigenvalue weighted by molar-refractivity contribution is 5.91. The third kappa shape index (κ3) is 5.40. The Morgan fingerprint density at radius 1 is 1.20 bits per heavy atom. The minimum atomic E-state index is -0.536. The molecule has 3 rings (SSSR count). The summed E-state index contributed by atoms with van der Waals surface area (Å²) in [5, 5.41) is 3.90. The molecule has 0 radical (unpaired) electrons. The third-order valence-electron chi connectivity index (χ3n) is 5.64. The molecular weight excluding hydrogens is 384 g/mol. The summed E-state index contributed by atoms with van der Waals surface area (Å²) in [5.74, 6) is 0.572. The van der Waals surface area contributed by atoms with Crippen molar-refractivity contribution in [2.75, 3.05) is 13.2 Å². The van der Waals surface area contributed by atoms with Gasteiger partial charge in [-0.2, -0.15) is 0 Å². The Hall–Kier alpha value is -2.83. The zero-order valence-corrected chi connectivity index (χ0v) is 18.0. The van der Waals surface area contributed by atoms with E-state index in [1.165, 1.54) is 6.42 Å². The van der Waals surface area contributed by atoms with E-state index < -0.39 is 5.97 Å². The molecule has 1 saturated carbocycles. The van der Waals surface area contributed by atoms with Gasteiger partial charge in [0.25, 0.3) is 5.91 Å². The second kappa shape index (κ2) is 10.3. The van der Waals surface area contributed by atoms with Gasteiger partial charge in [0, 0.05) is 12.6 Å². The molecule has 0 N–H and O–H groups in total. The third-order valence-corrected chi connectivity index (χ3v) is 5.64. The zero-order valence-electron chi connectivity index (χ0n) is 18.0. The van der Waals surface area contributed by atoms with Crippen molar-refractivity contribution in [3.8, 4) is 5.75 Å².